The molecular formula is C17H22N2OS. The van der Waals surface area contributed by atoms with Gasteiger partial charge in [-0.1, -0.05) is 6.07 Å². The van der Waals surface area contributed by atoms with Gasteiger partial charge < -0.3 is 10.2 Å². The summed E-state index contributed by atoms with van der Waals surface area (Å²) < 4.78 is 0. The molecule has 1 amide bonds. The van der Waals surface area contributed by atoms with Crippen LogP contribution in [0.15, 0.2) is 35.7 Å². The average Bonchev–Trinajstić information content (AvgIpc) is 3.00. The largest absolute Gasteiger partial charge is 0.385 e. The summed E-state index contributed by atoms with van der Waals surface area (Å²) in [6.45, 7) is 6.98. The molecule has 1 N–H and O–H groups in total. The molecule has 1 aromatic heterocycles. The topological polar surface area (TPSA) is 32.3 Å². The molecule has 0 saturated heterocycles. The van der Waals surface area contributed by atoms with Gasteiger partial charge in [-0.2, -0.15) is 0 Å². The molecule has 0 saturated carbocycles. The van der Waals surface area contributed by atoms with E-state index in [1.165, 1.54) is 4.88 Å². The van der Waals surface area contributed by atoms with Gasteiger partial charge in [0.15, 0.2) is 0 Å². The minimum absolute atomic E-state index is 0.0662. The number of rotatable bonds is 5. The lowest BCUT2D eigenvalue weighted by Crippen LogP contribution is -2.29. The third-order valence-electron chi connectivity index (χ3n) is 3.69. The third kappa shape index (κ3) is 3.45. The van der Waals surface area contributed by atoms with Gasteiger partial charge in [0, 0.05) is 29.7 Å². The number of amides is 1. The Morgan fingerprint density at radius 2 is 2.14 bits per heavy atom. The number of anilines is 1. The predicted molar refractivity (Wildman–Crippen MR) is 90.2 cm³/mol. The maximum atomic E-state index is 12.7. The first-order valence-electron chi connectivity index (χ1n) is 7.19. The summed E-state index contributed by atoms with van der Waals surface area (Å²) in [5.41, 5.74) is 2.83. The van der Waals surface area contributed by atoms with Crippen LogP contribution < -0.4 is 5.32 Å². The van der Waals surface area contributed by atoms with Gasteiger partial charge in [0.05, 0.1) is 6.04 Å². The summed E-state index contributed by atoms with van der Waals surface area (Å²) in [5.74, 6) is 0.0662. The van der Waals surface area contributed by atoms with E-state index in [1.807, 2.05) is 43.6 Å². The van der Waals surface area contributed by atoms with Gasteiger partial charge in [-0.15, -0.1) is 11.3 Å². The second-order valence-corrected chi connectivity index (χ2v) is 6.15. The molecule has 0 fully saturated rings. The van der Waals surface area contributed by atoms with Crippen molar-refractivity contribution in [1.82, 2.24) is 4.90 Å². The molecule has 0 bridgehead atoms. The van der Waals surface area contributed by atoms with E-state index in [0.717, 1.165) is 23.4 Å². The second kappa shape index (κ2) is 6.76. The summed E-state index contributed by atoms with van der Waals surface area (Å²) in [6, 6.07) is 10.1. The fourth-order valence-corrected chi connectivity index (χ4v) is 3.13. The quantitative estimate of drug-likeness (QED) is 0.892. The van der Waals surface area contributed by atoms with Gasteiger partial charge in [-0.25, -0.2) is 0 Å². The number of hydrogen-bond donors (Lipinski definition) is 1. The second-order valence-electron chi connectivity index (χ2n) is 5.17. The zero-order valence-corrected chi connectivity index (χ0v) is 13.8. The lowest BCUT2D eigenvalue weighted by Gasteiger charge is -2.25. The summed E-state index contributed by atoms with van der Waals surface area (Å²) in [5, 5.41) is 5.31. The molecule has 4 heteroatoms. The molecule has 0 radical (unpaired) electrons. The van der Waals surface area contributed by atoms with Gasteiger partial charge in [0.25, 0.3) is 5.91 Å². The van der Waals surface area contributed by atoms with Gasteiger partial charge in [-0.3, -0.25) is 4.79 Å². The van der Waals surface area contributed by atoms with E-state index in [9.17, 15) is 4.79 Å². The van der Waals surface area contributed by atoms with Crippen LogP contribution in [-0.4, -0.2) is 24.4 Å². The van der Waals surface area contributed by atoms with Crippen molar-refractivity contribution in [3.8, 4) is 0 Å². The lowest BCUT2D eigenvalue weighted by molar-refractivity contribution is 0.0744. The smallest absolute Gasteiger partial charge is 0.254 e. The summed E-state index contributed by atoms with van der Waals surface area (Å²) >= 11 is 1.68. The predicted octanol–water partition coefficient (Wildman–Crippen LogP) is 4.32. The molecule has 0 spiro atoms. The van der Waals surface area contributed by atoms with Crippen LogP contribution >= 0.6 is 11.3 Å². The van der Waals surface area contributed by atoms with Crippen LogP contribution in [0.1, 0.15) is 40.7 Å². The van der Waals surface area contributed by atoms with Crippen LogP contribution in [0, 0.1) is 6.92 Å². The fraction of sp³-hybridized carbons (Fsp3) is 0.353. The number of thiophene rings is 1. The molecule has 112 valence electrons. The number of benzene rings is 1. The van der Waals surface area contributed by atoms with Crippen LogP contribution in [0.2, 0.25) is 0 Å². The molecule has 1 unspecified atom stereocenters. The molecule has 0 aliphatic carbocycles. The Bertz CT molecular complexity index is 607. The minimum atomic E-state index is 0.0662. The summed E-state index contributed by atoms with van der Waals surface area (Å²) in [4.78, 5) is 15.7. The zero-order valence-electron chi connectivity index (χ0n) is 13.0. The first-order chi connectivity index (χ1) is 10.0. The highest BCUT2D eigenvalue weighted by Crippen LogP contribution is 2.26. The molecule has 0 aliphatic rings. The van der Waals surface area contributed by atoms with Crippen molar-refractivity contribution in [2.24, 2.45) is 0 Å². The first-order valence-corrected chi connectivity index (χ1v) is 8.07. The van der Waals surface area contributed by atoms with Crippen molar-refractivity contribution >= 4 is 22.9 Å². The molecule has 1 heterocycles. The standard InChI is InChI=1S/C17H22N2OS/c1-5-18-14-8-9-15(12(2)11-14)17(20)19(4)13(3)16-7-6-10-21-16/h6-11,13,18H,5H2,1-4H3. The maximum Gasteiger partial charge on any atom is 0.254 e. The zero-order chi connectivity index (χ0) is 15.4. The average molecular weight is 302 g/mol. The first kappa shape index (κ1) is 15.6. The highest BCUT2D eigenvalue weighted by molar-refractivity contribution is 7.10. The molecule has 2 aromatic rings. The Morgan fingerprint density at radius 3 is 2.71 bits per heavy atom. The molecule has 0 aliphatic heterocycles. The van der Waals surface area contributed by atoms with Crippen LogP contribution in [0.4, 0.5) is 5.69 Å². The van der Waals surface area contributed by atoms with Crippen LogP contribution in [0.25, 0.3) is 0 Å². The monoisotopic (exact) mass is 302 g/mol. The molecule has 1 atom stereocenters. The van der Waals surface area contributed by atoms with Gasteiger partial charge in [0.2, 0.25) is 0 Å². The van der Waals surface area contributed by atoms with Crippen molar-refractivity contribution in [2.45, 2.75) is 26.8 Å². The van der Waals surface area contributed by atoms with Crippen LogP contribution in [0.5, 0.6) is 0 Å². The van der Waals surface area contributed by atoms with E-state index in [4.69, 9.17) is 0 Å². The van der Waals surface area contributed by atoms with Gasteiger partial charge >= 0.3 is 0 Å². The number of aryl methyl sites for hydroxylation is 1. The van der Waals surface area contributed by atoms with Crippen LogP contribution in [0.3, 0.4) is 0 Å². The van der Waals surface area contributed by atoms with Gasteiger partial charge in [-0.05, 0) is 56.0 Å². The van der Waals surface area contributed by atoms with Crippen molar-refractivity contribution in [3.63, 3.8) is 0 Å². The number of hydrogen-bond acceptors (Lipinski definition) is 3. The molecule has 21 heavy (non-hydrogen) atoms. The van der Waals surface area contributed by atoms with E-state index in [-0.39, 0.29) is 11.9 Å². The fourth-order valence-electron chi connectivity index (χ4n) is 2.30. The van der Waals surface area contributed by atoms with Crippen molar-refractivity contribution < 1.29 is 4.79 Å². The van der Waals surface area contributed by atoms with Crippen molar-refractivity contribution in [2.75, 3.05) is 18.9 Å². The Morgan fingerprint density at radius 1 is 1.38 bits per heavy atom. The Kier molecular flexibility index (Phi) is 5.02. The van der Waals surface area contributed by atoms with Crippen molar-refractivity contribution in [3.05, 3.63) is 51.7 Å². The Labute approximate surface area is 130 Å². The lowest BCUT2D eigenvalue weighted by atomic mass is 10.1. The molecule has 3 nitrogen and oxygen atoms in total. The Hall–Kier alpha value is -1.81. The molecule has 1 aromatic carbocycles. The van der Waals surface area contributed by atoms with E-state index in [1.54, 1.807) is 16.2 Å². The van der Waals surface area contributed by atoms with Gasteiger partial charge in [0.1, 0.15) is 0 Å². The number of nitrogens with zero attached hydrogens (tertiary/aromatic N) is 1. The molecular weight excluding hydrogens is 280 g/mol. The Balaban J connectivity index is 2.19. The highest BCUT2D eigenvalue weighted by atomic mass is 32.1. The number of carbonyl (C=O) groups excluding carboxylic acids is 1. The normalized spacial score (nSPS) is 12.0. The summed E-state index contributed by atoms with van der Waals surface area (Å²) in [6.07, 6.45) is 0. The van der Waals surface area contributed by atoms with E-state index in [2.05, 4.69) is 25.2 Å². The number of carbonyl (C=O) groups is 1. The molecule has 2 rings (SSSR count). The van der Waals surface area contributed by atoms with E-state index < -0.39 is 0 Å². The third-order valence-corrected chi connectivity index (χ3v) is 4.74. The van der Waals surface area contributed by atoms with E-state index >= 15 is 0 Å². The van der Waals surface area contributed by atoms with Crippen LogP contribution in [-0.2, 0) is 0 Å². The number of nitrogens with one attached hydrogen (secondary N) is 1. The highest BCUT2D eigenvalue weighted by Gasteiger charge is 2.20. The van der Waals surface area contributed by atoms with E-state index in [0.29, 0.717) is 0 Å². The summed E-state index contributed by atoms with van der Waals surface area (Å²) in [7, 11) is 1.87. The minimum Gasteiger partial charge on any atom is -0.385 e. The SMILES string of the molecule is CCNc1ccc(C(=O)N(C)C(C)c2cccs2)c(C)c1. The maximum absolute atomic E-state index is 12.7. The van der Waals surface area contributed by atoms with Crippen molar-refractivity contribution in [1.29, 1.82) is 0 Å².